The smallest absolute Gasteiger partial charge is 0.247 e. The van der Waals surface area contributed by atoms with Crippen LogP contribution in [0.2, 0.25) is 0 Å². The van der Waals surface area contributed by atoms with E-state index in [2.05, 4.69) is 5.32 Å². The predicted octanol–water partition coefficient (Wildman–Crippen LogP) is 4.36. The number of piperazine rings is 1. The Bertz CT molecular complexity index is 1470. The van der Waals surface area contributed by atoms with E-state index in [0.29, 0.717) is 13.1 Å². The van der Waals surface area contributed by atoms with Gasteiger partial charge in [-0.1, -0.05) is 36.4 Å². The van der Waals surface area contributed by atoms with Crippen LogP contribution >= 0.6 is 0 Å². The highest BCUT2D eigenvalue weighted by Crippen LogP contribution is 2.31. The number of ether oxygens (including phenoxy) is 1. The summed E-state index contributed by atoms with van der Waals surface area (Å²) >= 11 is 0. The predicted molar refractivity (Wildman–Crippen MR) is 140 cm³/mol. The summed E-state index contributed by atoms with van der Waals surface area (Å²) in [6.07, 6.45) is 3.34. The SMILES string of the molecule is COc1ccc2cc(C=CC(=O)N3CCNC(=O)C3c3c(C)nn(-c4ccccc4)c3C)ccc2c1. The molecule has 1 N–H and O–H groups in total. The maximum absolute atomic E-state index is 13.4. The minimum absolute atomic E-state index is 0.193. The van der Waals surface area contributed by atoms with Gasteiger partial charge >= 0.3 is 0 Å². The number of benzene rings is 3. The van der Waals surface area contributed by atoms with Crippen LogP contribution in [0.5, 0.6) is 5.75 Å². The molecule has 1 saturated heterocycles. The van der Waals surface area contributed by atoms with Gasteiger partial charge < -0.3 is 15.0 Å². The molecule has 0 saturated carbocycles. The molecule has 36 heavy (non-hydrogen) atoms. The Morgan fingerprint density at radius 3 is 2.58 bits per heavy atom. The first-order valence-electron chi connectivity index (χ1n) is 11.9. The normalized spacial score (nSPS) is 15.9. The molecule has 1 aliphatic heterocycles. The first kappa shape index (κ1) is 23.4. The summed E-state index contributed by atoms with van der Waals surface area (Å²) in [5, 5.41) is 9.73. The van der Waals surface area contributed by atoms with Crippen LogP contribution in [0.4, 0.5) is 0 Å². The van der Waals surface area contributed by atoms with Crippen LogP contribution in [-0.4, -0.2) is 46.7 Å². The van der Waals surface area contributed by atoms with E-state index < -0.39 is 6.04 Å². The molecule has 4 aromatic rings. The van der Waals surface area contributed by atoms with Gasteiger partial charge in [-0.2, -0.15) is 5.10 Å². The van der Waals surface area contributed by atoms with Crippen LogP contribution in [-0.2, 0) is 9.59 Å². The first-order valence-corrected chi connectivity index (χ1v) is 11.9. The van der Waals surface area contributed by atoms with Crippen LogP contribution in [0.3, 0.4) is 0 Å². The van der Waals surface area contributed by atoms with Crippen molar-refractivity contribution in [3.63, 3.8) is 0 Å². The zero-order valence-electron chi connectivity index (χ0n) is 20.6. The van der Waals surface area contributed by atoms with Gasteiger partial charge in [0.15, 0.2) is 0 Å². The molecule has 2 amide bonds. The van der Waals surface area contributed by atoms with Gasteiger partial charge in [0, 0.05) is 30.4 Å². The number of hydrogen-bond acceptors (Lipinski definition) is 4. The summed E-state index contributed by atoms with van der Waals surface area (Å²) in [5.41, 5.74) is 4.14. The molecule has 1 unspecified atom stereocenters. The van der Waals surface area contributed by atoms with Crippen molar-refractivity contribution in [3.05, 3.63) is 95.3 Å². The average molecular weight is 481 g/mol. The monoisotopic (exact) mass is 480 g/mol. The van der Waals surface area contributed by atoms with Gasteiger partial charge in [0.05, 0.1) is 18.5 Å². The third kappa shape index (κ3) is 4.35. The summed E-state index contributed by atoms with van der Waals surface area (Å²) < 4.78 is 7.12. The molecule has 5 rings (SSSR count). The van der Waals surface area contributed by atoms with E-state index in [1.54, 1.807) is 24.2 Å². The maximum Gasteiger partial charge on any atom is 0.247 e. The highest BCUT2D eigenvalue weighted by atomic mass is 16.5. The van der Waals surface area contributed by atoms with Gasteiger partial charge in [0.2, 0.25) is 11.8 Å². The fraction of sp³-hybridized carbons (Fsp3) is 0.207. The second-order valence-electron chi connectivity index (χ2n) is 8.86. The van der Waals surface area contributed by atoms with Crippen molar-refractivity contribution in [1.82, 2.24) is 20.0 Å². The van der Waals surface area contributed by atoms with Crippen molar-refractivity contribution in [2.45, 2.75) is 19.9 Å². The third-order valence-corrected chi connectivity index (χ3v) is 6.61. The molecular formula is C29H28N4O3. The molecule has 3 aromatic carbocycles. The van der Waals surface area contributed by atoms with E-state index >= 15 is 0 Å². The molecule has 0 radical (unpaired) electrons. The zero-order chi connectivity index (χ0) is 25.2. The lowest BCUT2D eigenvalue weighted by Gasteiger charge is -2.34. The number of para-hydroxylation sites is 1. The molecule has 7 heteroatoms. The summed E-state index contributed by atoms with van der Waals surface area (Å²) in [6, 6.07) is 20.9. The number of fused-ring (bicyclic) bond motifs is 1. The van der Waals surface area contributed by atoms with Crippen molar-refractivity contribution in [2.24, 2.45) is 0 Å². The average Bonchev–Trinajstić information content (AvgIpc) is 3.20. The fourth-order valence-electron chi connectivity index (χ4n) is 4.80. The van der Waals surface area contributed by atoms with Crippen LogP contribution in [0.15, 0.2) is 72.8 Å². The number of aryl methyl sites for hydroxylation is 1. The van der Waals surface area contributed by atoms with Crippen LogP contribution in [0, 0.1) is 13.8 Å². The van der Waals surface area contributed by atoms with E-state index in [4.69, 9.17) is 9.84 Å². The topological polar surface area (TPSA) is 76.5 Å². The van der Waals surface area contributed by atoms with E-state index in [9.17, 15) is 9.59 Å². The molecule has 1 aromatic heterocycles. The van der Waals surface area contributed by atoms with Gasteiger partial charge in [0.1, 0.15) is 11.8 Å². The van der Waals surface area contributed by atoms with Crippen LogP contribution < -0.4 is 10.1 Å². The number of carbonyl (C=O) groups is 2. The maximum atomic E-state index is 13.4. The molecule has 0 bridgehead atoms. The highest BCUT2D eigenvalue weighted by molar-refractivity contribution is 5.97. The van der Waals surface area contributed by atoms with Gasteiger partial charge in [0.25, 0.3) is 0 Å². The summed E-state index contributed by atoms with van der Waals surface area (Å²) in [6.45, 7) is 4.66. The summed E-state index contributed by atoms with van der Waals surface area (Å²) in [4.78, 5) is 28.1. The summed E-state index contributed by atoms with van der Waals surface area (Å²) in [7, 11) is 1.65. The number of hydrogen-bond donors (Lipinski definition) is 1. The van der Waals surface area contributed by atoms with Crippen molar-refractivity contribution >= 4 is 28.7 Å². The van der Waals surface area contributed by atoms with E-state index in [0.717, 1.165) is 44.7 Å². The Balaban J connectivity index is 1.44. The Morgan fingerprint density at radius 1 is 1.06 bits per heavy atom. The number of carbonyl (C=O) groups excluding carboxylic acids is 2. The van der Waals surface area contributed by atoms with Gasteiger partial charge in [-0.25, -0.2) is 4.68 Å². The molecule has 7 nitrogen and oxygen atoms in total. The molecule has 2 heterocycles. The van der Waals surface area contributed by atoms with Crippen LogP contribution in [0.25, 0.3) is 22.5 Å². The van der Waals surface area contributed by atoms with Gasteiger partial charge in [-0.15, -0.1) is 0 Å². The van der Waals surface area contributed by atoms with Gasteiger partial charge in [-0.05, 0) is 66.6 Å². The van der Waals surface area contributed by atoms with Crippen molar-refractivity contribution in [1.29, 1.82) is 0 Å². The van der Waals surface area contributed by atoms with Gasteiger partial charge in [-0.3, -0.25) is 9.59 Å². The minimum Gasteiger partial charge on any atom is -0.497 e. The Hall–Kier alpha value is -4.39. The molecule has 1 fully saturated rings. The van der Waals surface area contributed by atoms with Crippen LogP contribution in [0.1, 0.15) is 28.6 Å². The number of aromatic nitrogens is 2. The third-order valence-electron chi connectivity index (χ3n) is 6.61. The molecule has 0 aliphatic carbocycles. The number of methoxy groups -OCH3 is 1. The van der Waals surface area contributed by atoms with E-state index in [1.807, 2.05) is 85.3 Å². The number of amides is 2. The lowest BCUT2D eigenvalue weighted by atomic mass is 10.00. The lowest BCUT2D eigenvalue weighted by Crippen LogP contribution is -2.52. The van der Waals surface area contributed by atoms with Crippen molar-refractivity contribution in [2.75, 3.05) is 20.2 Å². The summed E-state index contributed by atoms with van der Waals surface area (Å²) in [5.74, 6) is 0.397. The molecule has 1 aliphatic rings. The molecule has 0 spiro atoms. The minimum atomic E-state index is -0.738. The second-order valence-corrected chi connectivity index (χ2v) is 8.86. The molecular weight excluding hydrogens is 452 g/mol. The fourth-order valence-corrected chi connectivity index (χ4v) is 4.80. The van der Waals surface area contributed by atoms with E-state index in [-0.39, 0.29) is 11.8 Å². The Morgan fingerprint density at radius 2 is 1.81 bits per heavy atom. The quantitative estimate of drug-likeness (QED) is 0.431. The number of nitrogens with zero attached hydrogens (tertiary/aromatic N) is 3. The van der Waals surface area contributed by atoms with Crippen molar-refractivity contribution < 1.29 is 14.3 Å². The Kier molecular flexibility index (Phi) is 6.29. The van der Waals surface area contributed by atoms with Crippen molar-refractivity contribution in [3.8, 4) is 11.4 Å². The second kappa shape index (κ2) is 9.70. The number of rotatable bonds is 5. The largest absolute Gasteiger partial charge is 0.497 e. The lowest BCUT2D eigenvalue weighted by molar-refractivity contribution is -0.140. The zero-order valence-corrected chi connectivity index (χ0v) is 20.6. The molecule has 1 atom stereocenters. The number of nitrogens with one attached hydrogen (secondary N) is 1. The molecule has 182 valence electrons. The first-order chi connectivity index (χ1) is 17.5. The standard InChI is InChI=1S/C29H28N4O3/c1-19-27(20(2)33(31-19)24-7-5-4-6-8-24)28-29(35)30-15-16-32(28)26(34)14-10-21-9-11-23-18-25(36-3)13-12-22(23)17-21/h4-14,17-18,28H,15-16H2,1-3H3,(H,30,35). The van der Waals surface area contributed by atoms with E-state index in [1.165, 1.54) is 0 Å². The Labute approximate surface area is 210 Å². The highest BCUT2D eigenvalue weighted by Gasteiger charge is 2.37.